The number of hydrogen-bond donors (Lipinski definition) is 2. The van der Waals surface area contributed by atoms with Crippen molar-refractivity contribution < 1.29 is 14.4 Å². The molecular weight excluding hydrogens is 282 g/mol. The summed E-state index contributed by atoms with van der Waals surface area (Å²) in [5, 5.41) is 5.32. The number of nitrogens with zero attached hydrogens (tertiary/aromatic N) is 1. The van der Waals surface area contributed by atoms with Crippen molar-refractivity contribution >= 4 is 23.4 Å². The van der Waals surface area contributed by atoms with E-state index in [2.05, 4.69) is 10.6 Å². The summed E-state index contributed by atoms with van der Waals surface area (Å²) >= 11 is 0. The first kappa shape index (κ1) is 17.7. The van der Waals surface area contributed by atoms with Gasteiger partial charge in [-0.2, -0.15) is 0 Å². The van der Waals surface area contributed by atoms with Crippen LogP contribution in [-0.4, -0.2) is 42.3 Å². The largest absolute Gasteiger partial charge is 0.351 e. The van der Waals surface area contributed by atoms with Crippen LogP contribution in [0.2, 0.25) is 0 Å². The molecule has 0 aromatic heterocycles. The molecule has 1 aromatic rings. The van der Waals surface area contributed by atoms with Gasteiger partial charge in [0, 0.05) is 33.0 Å². The maximum atomic E-state index is 12.2. The Balaban J connectivity index is 2.59. The molecule has 0 saturated carbocycles. The maximum absolute atomic E-state index is 12.2. The molecule has 0 spiro atoms. The number of carbonyl (C=O) groups excluding carboxylic acids is 3. The summed E-state index contributed by atoms with van der Waals surface area (Å²) < 4.78 is 0. The van der Waals surface area contributed by atoms with Gasteiger partial charge in [-0.25, -0.2) is 0 Å². The molecule has 0 aliphatic carbocycles. The van der Waals surface area contributed by atoms with Crippen LogP contribution in [-0.2, 0) is 9.59 Å². The highest BCUT2D eigenvalue weighted by Gasteiger charge is 2.13. The van der Waals surface area contributed by atoms with Crippen LogP contribution in [0.3, 0.4) is 0 Å². The summed E-state index contributed by atoms with van der Waals surface area (Å²) in [6.07, 6.45) is 0.260. The number of rotatable bonds is 7. The van der Waals surface area contributed by atoms with Crippen LogP contribution in [0.1, 0.15) is 37.6 Å². The molecular formula is C16H23N3O3. The second-order valence-corrected chi connectivity index (χ2v) is 4.80. The fourth-order valence-electron chi connectivity index (χ4n) is 2.09. The van der Waals surface area contributed by atoms with Crippen molar-refractivity contribution in [2.45, 2.75) is 27.2 Å². The Labute approximate surface area is 130 Å². The van der Waals surface area contributed by atoms with Crippen LogP contribution in [0.25, 0.3) is 0 Å². The first-order valence-electron chi connectivity index (χ1n) is 7.42. The Kier molecular flexibility index (Phi) is 7.08. The van der Waals surface area contributed by atoms with Gasteiger partial charge in [-0.1, -0.05) is 12.1 Å². The lowest BCUT2D eigenvalue weighted by Gasteiger charge is -2.18. The monoisotopic (exact) mass is 305 g/mol. The summed E-state index contributed by atoms with van der Waals surface area (Å²) in [6.45, 7) is 6.82. The molecule has 0 heterocycles. The standard InChI is InChI=1S/C16H23N3O3/c1-4-19(5-2)15(21)10-11-17-16(22)13-8-6-7-9-14(13)18-12(3)20/h6-9H,4-5,10-11H2,1-3H3,(H,17,22)(H,18,20). The Morgan fingerprint density at radius 1 is 1.09 bits per heavy atom. The number of hydrogen-bond acceptors (Lipinski definition) is 3. The van der Waals surface area contributed by atoms with E-state index in [0.717, 1.165) is 0 Å². The molecule has 2 N–H and O–H groups in total. The Bertz CT molecular complexity index is 539. The summed E-state index contributed by atoms with van der Waals surface area (Å²) in [5.41, 5.74) is 0.843. The predicted octanol–water partition coefficient (Wildman–Crippen LogP) is 1.63. The molecule has 0 unspecified atom stereocenters. The summed E-state index contributed by atoms with van der Waals surface area (Å²) in [6, 6.07) is 6.76. The van der Waals surface area contributed by atoms with Crippen LogP contribution in [0, 0.1) is 0 Å². The number of carbonyl (C=O) groups is 3. The Hall–Kier alpha value is -2.37. The van der Waals surface area contributed by atoms with E-state index < -0.39 is 0 Å². The highest BCUT2D eigenvalue weighted by atomic mass is 16.2. The maximum Gasteiger partial charge on any atom is 0.253 e. The first-order valence-corrected chi connectivity index (χ1v) is 7.42. The van der Waals surface area contributed by atoms with Gasteiger partial charge in [0.1, 0.15) is 0 Å². The third-order valence-electron chi connectivity index (χ3n) is 3.22. The molecule has 22 heavy (non-hydrogen) atoms. The fraction of sp³-hybridized carbons (Fsp3) is 0.438. The lowest BCUT2D eigenvalue weighted by atomic mass is 10.1. The SMILES string of the molecule is CCN(CC)C(=O)CCNC(=O)c1ccccc1NC(C)=O. The van der Waals surface area contributed by atoms with E-state index in [1.807, 2.05) is 13.8 Å². The van der Waals surface area contributed by atoms with Gasteiger partial charge in [0.2, 0.25) is 11.8 Å². The van der Waals surface area contributed by atoms with Gasteiger partial charge < -0.3 is 15.5 Å². The average Bonchev–Trinajstić information content (AvgIpc) is 2.48. The molecule has 0 radical (unpaired) electrons. The minimum Gasteiger partial charge on any atom is -0.351 e. The van der Waals surface area contributed by atoms with E-state index in [9.17, 15) is 14.4 Å². The van der Waals surface area contributed by atoms with Crippen molar-refractivity contribution in [2.75, 3.05) is 25.0 Å². The molecule has 0 saturated heterocycles. The number of para-hydroxylation sites is 1. The second kappa shape index (κ2) is 8.81. The molecule has 0 aliphatic heterocycles. The molecule has 6 nitrogen and oxygen atoms in total. The zero-order chi connectivity index (χ0) is 16.5. The quantitative estimate of drug-likeness (QED) is 0.803. The molecule has 3 amide bonds. The van der Waals surface area contributed by atoms with Gasteiger partial charge in [-0.3, -0.25) is 14.4 Å². The fourth-order valence-corrected chi connectivity index (χ4v) is 2.09. The van der Waals surface area contributed by atoms with Crippen LogP contribution in [0.5, 0.6) is 0 Å². The minimum atomic E-state index is -0.309. The highest BCUT2D eigenvalue weighted by molar-refractivity contribution is 6.03. The van der Waals surface area contributed by atoms with Gasteiger partial charge in [0.05, 0.1) is 11.3 Å². The molecule has 1 aromatic carbocycles. The second-order valence-electron chi connectivity index (χ2n) is 4.80. The van der Waals surface area contributed by atoms with Crippen LogP contribution in [0.4, 0.5) is 5.69 Å². The first-order chi connectivity index (χ1) is 10.5. The Morgan fingerprint density at radius 2 is 1.73 bits per heavy atom. The molecule has 120 valence electrons. The lowest BCUT2D eigenvalue weighted by Crippen LogP contribution is -2.34. The van der Waals surface area contributed by atoms with Crippen molar-refractivity contribution in [3.8, 4) is 0 Å². The van der Waals surface area contributed by atoms with Crippen molar-refractivity contribution in [3.63, 3.8) is 0 Å². The average molecular weight is 305 g/mol. The van der Waals surface area contributed by atoms with Gasteiger partial charge >= 0.3 is 0 Å². The topological polar surface area (TPSA) is 78.5 Å². The van der Waals surface area contributed by atoms with Gasteiger partial charge in [-0.15, -0.1) is 0 Å². The number of benzene rings is 1. The van der Waals surface area contributed by atoms with E-state index in [4.69, 9.17) is 0 Å². The molecule has 0 bridgehead atoms. The van der Waals surface area contributed by atoms with Crippen molar-refractivity contribution in [2.24, 2.45) is 0 Å². The Morgan fingerprint density at radius 3 is 2.32 bits per heavy atom. The van der Waals surface area contributed by atoms with E-state index in [1.165, 1.54) is 6.92 Å². The zero-order valence-corrected chi connectivity index (χ0v) is 13.3. The third-order valence-corrected chi connectivity index (χ3v) is 3.22. The summed E-state index contributed by atoms with van der Waals surface area (Å²) in [5.74, 6) is -0.533. The van der Waals surface area contributed by atoms with Gasteiger partial charge in [-0.05, 0) is 26.0 Å². The summed E-state index contributed by atoms with van der Waals surface area (Å²) in [7, 11) is 0. The lowest BCUT2D eigenvalue weighted by molar-refractivity contribution is -0.130. The normalized spacial score (nSPS) is 9.95. The van der Waals surface area contributed by atoms with Gasteiger partial charge in [0.15, 0.2) is 0 Å². The van der Waals surface area contributed by atoms with E-state index >= 15 is 0 Å². The van der Waals surface area contributed by atoms with Crippen LogP contribution >= 0.6 is 0 Å². The number of nitrogens with one attached hydrogen (secondary N) is 2. The molecule has 0 atom stereocenters. The van der Waals surface area contributed by atoms with Gasteiger partial charge in [0.25, 0.3) is 5.91 Å². The molecule has 6 heteroatoms. The van der Waals surface area contributed by atoms with Crippen molar-refractivity contribution in [1.29, 1.82) is 0 Å². The third kappa shape index (κ3) is 5.20. The predicted molar refractivity (Wildman–Crippen MR) is 85.6 cm³/mol. The van der Waals surface area contributed by atoms with Crippen LogP contribution in [0.15, 0.2) is 24.3 Å². The smallest absolute Gasteiger partial charge is 0.253 e. The van der Waals surface area contributed by atoms with Crippen LogP contribution < -0.4 is 10.6 Å². The highest BCUT2D eigenvalue weighted by Crippen LogP contribution is 2.14. The molecule has 0 fully saturated rings. The zero-order valence-electron chi connectivity index (χ0n) is 13.3. The number of anilines is 1. The van der Waals surface area contributed by atoms with E-state index in [1.54, 1.807) is 29.2 Å². The summed E-state index contributed by atoms with van der Waals surface area (Å²) in [4.78, 5) is 36.9. The minimum absolute atomic E-state index is 0.0143. The molecule has 1 rings (SSSR count). The molecule has 0 aliphatic rings. The van der Waals surface area contributed by atoms with Crippen molar-refractivity contribution in [3.05, 3.63) is 29.8 Å². The van der Waals surface area contributed by atoms with Crippen molar-refractivity contribution in [1.82, 2.24) is 10.2 Å². The van der Waals surface area contributed by atoms with E-state index in [-0.39, 0.29) is 30.7 Å². The van der Waals surface area contributed by atoms with E-state index in [0.29, 0.717) is 24.3 Å². The number of amides is 3.